The molecule has 0 spiro atoms. The van der Waals surface area contributed by atoms with Crippen molar-refractivity contribution in [1.82, 2.24) is 24.7 Å². The second-order valence-electron chi connectivity index (χ2n) is 7.00. The second-order valence-corrected chi connectivity index (χ2v) is 7.00. The van der Waals surface area contributed by atoms with E-state index >= 15 is 0 Å². The Balaban J connectivity index is 1.66. The molecule has 8 nitrogen and oxygen atoms in total. The number of halogens is 1. The lowest BCUT2D eigenvalue weighted by Crippen LogP contribution is -2.11. The molecule has 0 atom stereocenters. The number of hydrogen-bond acceptors (Lipinski definition) is 7. The Morgan fingerprint density at radius 3 is 2.39 bits per heavy atom. The van der Waals surface area contributed by atoms with Crippen molar-refractivity contribution < 1.29 is 4.39 Å². The fourth-order valence-corrected chi connectivity index (χ4v) is 2.90. The van der Waals surface area contributed by atoms with E-state index in [0.717, 1.165) is 22.6 Å². The van der Waals surface area contributed by atoms with Crippen LogP contribution in [0.5, 0.6) is 0 Å². The Bertz CT molecular complexity index is 1230. The van der Waals surface area contributed by atoms with E-state index < -0.39 is 0 Å². The van der Waals surface area contributed by atoms with E-state index in [1.165, 1.54) is 12.3 Å². The molecule has 4 rings (SSSR count). The van der Waals surface area contributed by atoms with Gasteiger partial charge in [0.2, 0.25) is 11.9 Å². The minimum absolute atomic E-state index is 0.194. The molecule has 4 aromatic rings. The van der Waals surface area contributed by atoms with Gasteiger partial charge in [0.15, 0.2) is 0 Å². The van der Waals surface area contributed by atoms with Crippen LogP contribution < -0.4 is 10.7 Å². The zero-order valence-electron chi connectivity index (χ0n) is 17.3. The van der Waals surface area contributed by atoms with Crippen LogP contribution in [0, 0.1) is 26.6 Å². The van der Waals surface area contributed by atoms with Crippen LogP contribution in [0.2, 0.25) is 0 Å². The summed E-state index contributed by atoms with van der Waals surface area (Å²) in [6, 6.07) is 16.1. The summed E-state index contributed by atoms with van der Waals surface area (Å²) in [5.41, 5.74) is 6.80. The Morgan fingerprint density at radius 1 is 0.935 bits per heavy atom. The molecule has 9 heteroatoms. The first-order valence-corrected chi connectivity index (χ1v) is 9.65. The van der Waals surface area contributed by atoms with E-state index in [9.17, 15) is 4.39 Å². The SMILES string of the molecule is Cc1ccc(Nc2nc(N/N=C/c3ccccc3F)nc(-n3nc(C)cc3C)n2)cc1. The molecule has 2 aromatic carbocycles. The Hall–Kier alpha value is -4.14. The number of nitrogens with zero attached hydrogens (tertiary/aromatic N) is 6. The summed E-state index contributed by atoms with van der Waals surface area (Å²) in [7, 11) is 0. The highest BCUT2D eigenvalue weighted by molar-refractivity contribution is 5.80. The number of hydrazone groups is 1. The van der Waals surface area contributed by atoms with Crippen LogP contribution in [0.1, 0.15) is 22.5 Å². The molecule has 0 unspecified atom stereocenters. The third-order valence-corrected chi connectivity index (χ3v) is 4.40. The van der Waals surface area contributed by atoms with Crippen molar-refractivity contribution in [2.24, 2.45) is 5.10 Å². The third-order valence-electron chi connectivity index (χ3n) is 4.40. The van der Waals surface area contributed by atoms with E-state index in [2.05, 4.69) is 35.9 Å². The first kappa shape index (κ1) is 20.1. The fourth-order valence-electron chi connectivity index (χ4n) is 2.90. The summed E-state index contributed by atoms with van der Waals surface area (Å²) in [5.74, 6) is 0.484. The smallest absolute Gasteiger partial charge is 0.257 e. The molecule has 0 aliphatic heterocycles. The van der Waals surface area contributed by atoms with E-state index in [-0.39, 0.29) is 11.8 Å². The molecule has 2 aromatic heterocycles. The van der Waals surface area contributed by atoms with Crippen LogP contribution in [0.25, 0.3) is 5.95 Å². The quantitative estimate of drug-likeness (QED) is 0.359. The number of aryl methyl sites for hydroxylation is 3. The topological polar surface area (TPSA) is 92.9 Å². The zero-order chi connectivity index (χ0) is 21.8. The van der Waals surface area contributed by atoms with Crippen LogP contribution >= 0.6 is 0 Å². The zero-order valence-corrected chi connectivity index (χ0v) is 17.3. The molecular formula is C22H21FN8. The molecule has 0 saturated carbocycles. The number of rotatable bonds is 6. The molecule has 156 valence electrons. The van der Waals surface area contributed by atoms with Crippen molar-refractivity contribution in [1.29, 1.82) is 0 Å². The van der Waals surface area contributed by atoms with Crippen molar-refractivity contribution in [2.45, 2.75) is 20.8 Å². The standard InChI is InChI=1S/C22H21FN8/c1-14-8-10-18(11-9-14)25-20-26-21(29-24-13-17-6-4-5-7-19(17)23)28-22(27-20)31-16(3)12-15(2)30-31/h4-13H,1-3H3,(H2,25,26,27,28,29)/b24-13+. The number of benzene rings is 2. The van der Waals surface area contributed by atoms with Gasteiger partial charge in [-0.1, -0.05) is 35.9 Å². The lowest BCUT2D eigenvalue weighted by Gasteiger charge is -2.09. The van der Waals surface area contributed by atoms with Crippen molar-refractivity contribution in [3.8, 4) is 5.95 Å². The molecule has 31 heavy (non-hydrogen) atoms. The molecule has 0 saturated heterocycles. The van der Waals surface area contributed by atoms with Gasteiger partial charge < -0.3 is 5.32 Å². The van der Waals surface area contributed by atoms with Gasteiger partial charge >= 0.3 is 0 Å². The average molecular weight is 416 g/mol. The fraction of sp³-hybridized carbons (Fsp3) is 0.136. The molecule has 2 heterocycles. The van der Waals surface area contributed by atoms with Crippen LogP contribution in [0.4, 0.5) is 22.0 Å². The number of aromatic nitrogens is 5. The largest absolute Gasteiger partial charge is 0.324 e. The van der Waals surface area contributed by atoms with Crippen LogP contribution in [0.3, 0.4) is 0 Å². The first-order valence-electron chi connectivity index (χ1n) is 9.65. The van der Waals surface area contributed by atoms with Gasteiger partial charge in [-0.15, -0.1) is 0 Å². The van der Waals surface area contributed by atoms with Crippen molar-refractivity contribution in [2.75, 3.05) is 10.7 Å². The summed E-state index contributed by atoms with van der Waals surface area (Å²) < 4.78 is 15.4. The average Bonchev–Trinajstić information content (AvgIpc) is 3.09. The minimum atomic E-state index is -0.367. The van der Waals surface area contributed by atoms with Crippen molar-refractivity contribution >= 4 is 23.8 Å². The maximum atomic E-state index is 13.8. The molecule has 0 radical (unpaired) electrons. The highest BCUT2D eigenvalue weighted by Crippen LogP contribution is 2.17. The normalized spacial score (nSPS) is 11.1. The van der Waals surface area contributed by atoms with Crippen molar-refractivity contribution in [3.05, 3.63) is 82.9 Å². The van der Waals surface area contributed by atoms with Gasteiger partial charge in [0.1, 0.15) is 5.82 Å². The van der Waals surface area contributed by atoms with Crippen LogP contribution in [-0.4, -0.2) is 30.9 Å². The molecule has 2 N–H and O–H groups in total. The van der Waals surface area contributed by atoms with Gasteiger partial charge in [0.25, 0.3) is 5.95 Å². The summed E-state index contributed by atoms with van der Waals surface area (Å²) in [5, 5.41) is 11.7. The molecule has 0 amide bonds. The maximum absolute atomic E-state index is 13.8. The predicted molar refractivity (Wildman–Crippen MR) is 119 cm³/mol. The van der Waals surface area contributed by atoms with Crippen LogP contribution in [-0.2, 0) is 0 Å². The summed E-state index contributed by atoms with van der Waals surface area (Å²) in [6.45, 7) is 5.83. The molecule has 0 aliphatic carbocycles. The monoisotopic (exact) mass is 416 g/mol. The second kappa shape index (κ2) is 8.70. The maximum Gasteiger partial charge on any atom is 0.257 e. The number of anilines is 3. The van der Waals surface area contributed by atoms with Gasteiger partial charge in [0.05, 0.1) is 11.9 Å². The van der Waals surface area contributed by atoms with E-state index in [1.807, 2.05) is 51.1 Å². The summed E-state index contributed by atoms with van der Waals surface area (Å²) in [4.78, 5) is 13.3. The molecule has 0 aliphatic rings. The predicted octanol–water partition coefficient (Wildman–Crippen LogP) is 4.31. The van der Waals surface area contributed by atoms with Gasteiger partial charge in [-0.3, -0.25) is 0 Å². The third kappa shape index (κ3) is 4.89. The van der Waals surface area contributed by atoms with E-state index in [0.29, 0.717) is 17.5 Å². The van der Waals surface area contributed by atoms with Gasteiger partial charge in [-0.25, -0.2) is 14.5 Å². The first-order chi connectivity index (χ1) is 15.0. The Labute approximate surface area is 178 Å². The number of nitrogens with one attached hydrogen (secondary N) is 2. The Kier molecular flexibility index (Phi) is 5.65. The van der Waals surface area contributed by atoms with Gasteiger partial charge in [0, 0.05) is 16.9 Å². The minimum Gasteiger partial charge on any atom is -0.324 e. The van der Waals surface area contributed by atoms with Crippen LogP contribution in [0.15, 0.2) is 59.7 Å². The van der Waals surface area contributed by atoms with E-state index in [1.54, 1.807) is 22.9 Å². The van der Waals surface area contributed by atoms with E-state index in [4.69, 9.17) is 0 Å². The molecular weight excluding hydrogens is 395 g/mol. The summed E-state index contributed by atoms with van der Waals surface area (Å²) >= 11 is 0. The number of hydrogen-bond donors (Lipinski definition) is 2. The lowest BCUT2D eigenvalue weighted by molar-refractivity contribution is 0.626. The highest BCUT2D eigenvalue weighted by Gasteiger charge is 2.12. The van der Waals surface area contributed by atoms with Gasteiger partial charge in [-0.2, -0.15) is 25.2 Å². The summed E-state index contributed by atoms with van der Waals surface area (Å²) in [6.07, 6.45) is 1.37. The molecule has 0 fully saturated rings. The van der Waals surface area contributed by atoms with Gasteiger partial charge in [-0.05, 0) is 45.0 Å². The Morgan fingerprint density at radius 2 is 1.68 bits per heavy atom. The molecule has 0 bridgehead atoms. The highest BCUT2D eigenvalue weighted by atomic mass is 19.1. The van der Waals surface area contributed by atoms with Crippen molar-refractivity contribution in [3.63, 3.8) is 0 Å². The lowest BCUT2D eigenvalue weighted by atomic mass is 10.2.